The Kier molecular flexibility index (Phi) is 3.63. The van der Waals surface area contributed by atoms with Crippen molar-refractivity contribution >= 4 is 15.9 Å². The van der Waals surface area contributed by atoms with Crippen molar-refractivity contribution in [3.05, 3.63) is 18.0 Å². The summed E-state index contributed by atoms with van der Waals surface area (Å²) in [5.74, 6) is 0. The summed E-state index contributed by atoms with van der Waals surface area (Å²) >= 11 is 3.41. The van der Waals surface area contributed by atoms with Gasteiger partial charge < -0.3 is 0 Å². The van der Waals surface area contributed by atoms with Crippen LogP contribution in [0.3, 0.4) is 0 Å². The summed E-state index contributed by atoms with van der Waals surface area (Å²) in [6.45, 7) is 3.09. The van der Waals surface area contributed by atoms with E-state index in [4.69, 9.17) is 0 Å². The Bertz CT molecular complexity index is 208. The number of aromatic nitrogens is 2. The summed E-state index contributed by atoms with van der Waals surface area (Å²) in [4.78, 5) is 0. The SMILES string of the molecule is CCn1nccc1CCCBr. The third kappa shape index (κ3) is 2.33. The van der Waals surface area contributed by atoms with Crippen molar-refractivity contribution in [2.75, 3.05) is 5.33 Å². The molecule has 0 fully saturated rings. The van der Waals surface area contributed by atoms with Gasteiger partial charge in [-0.2, -0.15) is 5.10 Å². The maximum atomic E-state index is 4.19. The maximum absolute atomic E-state index is 4.19. The van der Waals surface area contributed by atoms with Gasteiger partial charge in [0.05, 0.1) is 0 Å². The molecule has 0 aromatic carbocycles. The third-order valence-corrected chi connectivity index (χ3v) is 2.23. The van der Waals surface area contributed by atoms with E-state index in [9.17, 15) is 0 Å². The molecule has 11 heavy (non-hydrogen) atoms. The highest BCUT2D eigenvalue weighted by Crippen LogP contribution is 2.03. The normalized spacial score (nSPS) is 10.4. The van der Waals surface area contributed by atoms with Gasteiger partial charge in [-0.05, 0) is 25.8 Å². The molecule has 0 amide bonds. The van der Waals surface area contributed by atoms with Crippen molar-refractivity contribution in [2.45, 2.75) is 26.3 Å². The Hall–Kier alpha value is -0.310. The highest BCUT2D eigenvalue weighted by atomic mass is 79.9. The molecule has 0 radical (unpaired) electrons. The minimum atomic E-state index is 0.977. The van der Waals surface area contributed by atoms with Crippen LogP contribution in [0.15, 0.2) is 12.3 Å². The largest absolute Gasteiger partial charge is 0.270 e. The van der Waals surface area contributed by atoms with Gasteiger partial charge in [-0.15, -0.1) is 0 Å². The zero-order valence-electron chi connectivity index (χ0n) is 6.76. The summed E-state index contributed by atoms with van der Waals surface area (Å²) in [5, 5.41) is 5.26. The number of hydrogen-bond acceptors (Lipinski definition) is 1. The summed E-state index contributed by atoms with van der Waals surface area (Å²) in [7, 11) is 0. The molecule has 0 bridgehead atoms. The van der Waals surface area contributed by atoms with Gasteiger partial charge in [0.2, 0.25) is 0 Å². The Morgan fingerprint density at radius 2 is 2.45 bits per heavy atom. The van der Waals surface area contributed by atoms with Gasteiger partial charge in [0, 0.05) is 23.8 Å². The van der Waals surface area contributed by atoms with Gasteiger partial charge >= 0.3 is 0 Å². The molecule has 3 heteroatoms. The molecule has 0 atom stereocenters. The van der Waals surface area contributed by atoms with E-state index in [1.54, 1.807) is 0 Å². The topological polar surface area (TPSA) is 17.8 Å². The van der Waals surface area contributed by atoms with Crippen LogP contribution in [0, 0.1) is 0 Å². The molecule has 1 rings (SSSR count). The number of hydrogen-bond donors (Lipinski definition) is 0. The molecule has 0 aliphatic rings. The fourth-order valence-electron chi connectivity index (χ4n) is 1.11. The monoisotopic (exact) mass is 216 g/mol. The molecule has 0 saturated heterocycles. The van der Waals surface area contributed by atoms with Gasteiger partial charge in [-0.25, -0.2) is 0 Å². The van der Waals surface area contributed by atoms with E-state index in [2.05, 4.69) is 34.0 Å². The standard InChI is InChI=1S/C8H13BrN2/c1-2-11-8(4-3-6-9)5-7-10-11/h5,7H,2-4,6H2,1H3. The first-order valence-corrected chi connectivity index (χ1v) is 5.07. The first-order chi connectivity index (χ1) is 5.38. The van der Waals surface area contributed by atoms with Crippen molar-refractivity contribution in [1.82, 2.24) is 9.78 Å². The van der Waals surface area contributed by atoms with E-state index in [1.165, 1.54) is 12.1 Å². The number of alkyl halides is 1. The van der Waals surface area contributed by atoms with Crippen LogP contribution in [0.2, 0.25) is 0 Å². The molecule has 0 aliphatic carbocycles. The molecule has 62 valence electrons. The molecule has 0 N–H and O–H groups in total. The summed E-state index contributed by atoms with van der Waals surface area (Å²) in [5.41, 5.74) is 1.34. The van der Waals surface area contributed by atoms with Crippen LogP contribution in [0.5, 0.6) is 0 Å². The summed E-state index contributed by atoms with van der Waals surface area (Å²) in [6, 6.07) is 2.09. The molecule has 1 heterocycles. The Morgan fingerprint density at radius 3 is 3.09 bits per heavy atom. The van der Waals surface area contributed by atoms with Gasteiger partial charge in [0.25, 0.3) is 0 Å². The second-order valence-electron chi connectivity index (χ2n) is 2.43. The summed E-state index contributed by atoms with van der Waals surface area (Å²) in [6.07, 6.45) is 4.18. The van der Waals surface area contributed by atoms with Crippen LogP contribution in [0.1, 0.15) is 19.0 Å². The lowest BCUT2D eigenvalue weighted by molar-refractivity contribution is 0.617. The molecule has 0 saturated carbocycles. The quantitative estimate of drug-likeness (QED) is 0.707. The molecule has 1 aromatic rings. The lowest BCUT2D eigenvalue weighted by atomic mass is 10.2. The highest BCUT2D eigenvalue weighted by molar-refractivity contribution is 9.09. The van der Waals surface area contributed by atoms with Gasteiger partial charge in [-0.1, -0.05) is 15.9 Å². The van der Waals surface area contributed by atoms with Crippen LogP contribution in [0.25, 0.3) is 0 Å². The van der Waals surface area contributed by atoms with E-state index >= 15 is 0 Å². The first-order valence-electron chi connectivity index (χ1n) is 3.95. The van der Waals surface area contributed by atoms with Gasteiger partial charge in [0.15, 0.2) is 0 Å². The van der Waals surface area contributed by atoms with Gasteiger partial charge in [0.1, 0.15) is 0 Å². The fourth-order valence-corrected chi connectivity index (χ4v) is 1.39. The molecule has 0 unspecified atom stereocenters. The molecule has 2 nitrogen and oxygen atoms in total. The number of aryl methyl sites for hydroxylation is 2. The van der Waals surface area contributed by atoms with Crippen LogP contribution < -0.4 is 0 Å². The summed E-state index contributed by atoms with van der Waals surface area (Å²) < 4.78 is 2.04. The molecule has 0 spiro atoms. The molecular formula is C8H13BrN2. The average molecular weight is 217 g/mol. The van der Waals surface area contributed by atoms with E-state index in [0.29, 0.717) is 0 Å². The van der Waals surface area contributed by atoms with Crippen molar-refractivity contribution in [2.24, 2.45) is 0 Å². The minimum absolute atomic E-state index is 0.977. The minimum Gasteiger partial charge on any atom is -0.270 e. The molecule has 0 aliphatic heterocycles. The van der Waals surface area contributed by atoms with Crippen LogP contribution in [-0.2, 0) is 13.0 Å². The maximum Gasteiger partial charge on any atom is 0.0492 e. The number of rotatable bonds is 4. The van der Waals surface area contributed by atoms with Crippen LogP contribution in [0.4, 0.5) is 0 Å². The zero-order chi connectivity index (χ0) is 8.10. The number of nitrogens with zero attached hydrogens (tertiary/aromatic N) is 2. The Morgan fingerprint density at radius 1 is 1.64 bits per heavy atom. The molecular weight excluding hydrogens is 204 g/mol. The average Bonchev–Trinajstić information content (AvgIpc) is 2.47. The van der Waals surface area contributed by atoms with E-state index in [1.807, 2.05) is 10.9 Å². The van der Waals surface area contributed by atoms with Crippen LogP contribution in [-0.4, -0.2) is 15.1 Å². The Labute approximate surface area is 75.7 Å². The predicted molar refractivity (Wildman–Crippen MR) is 50.0 cm³/mol. The molecule has 1 aromatic heterocycles. The predicted octanol–water partition coefficient (Wildman–Crippen LogP) is 2.23. The van der Waals surface area contributed by atoms with E-state index in [0.717, 1.165) is 18.3 Å². The first kappa shape index (κ1) is 8.78. The van der Waals surface area contributed by atoms with Crippen LogP contribution >= 0.6 is 15.9 Å². The zero-order valence-corrected chi connectivity index (χ0v) is 8.34. The van der Waals surface area contributed by atoms with Crippen molar-refractivity contribution in [3.8, 4) is 0 Å². The van der Waals surface area contributed by atoms with Crippen molar-refractivity contribution < 1.29 is 0 Å². The second-order valence-corrected chi connectivity index (χ2v) is 3.22. The van der Waals surface area contributed by atoms with E-state index in [-0.39, 0.29) is 0 Å². The second kappa shape index (κ2) is 4.54. The van der Waals surface area contributed by atoms with Gasteiger partial charge in [-0.3, -0.25) is 4.68 Å². The lowest BCUT2D eigenvalue weighted by Gasteiger charge is -2.01. The Balaban J connectivity index is 2.54. The number of halogens is 1. The smallest absolute Gasteiger partial charge is 0.0492 e. The fraction of sp³-hybridized carbons (Fsp3) is 0.625. The van der Waals surface area contributed by atoms with Crippen molar-refractivity contribution in [3.63, 3.8) is 0 Å². The highest BCUT2D eigenvalue weighted by Gasteiger charge is 1.98. The lowest BCUT2D eigenvalue weighted by Crippen LogP contribution is -2.02. The van der Waals surface area contributed by atoms with E-state index < -0.39 is 0 Å². The third-order valence-electron chi connectivity index (χ3n) is 1.67. The van der Waals surface area contributed by atoms with Crippen molar-refractivity contribution in [1.29, 1.82) is 0 Å².